The SMILES string of the molecule is O=C(C[C@H]1C(=O)N(Cc2ccccc2)C[C@@H]2N(C(=O)OCc3cc(C(F)(F)F)cc(C(F)(F)F)c3)CCC(=O)N21)NCc1ccccc1. The number of nitrogens with zero attached hydrogens (tertiary/aromatic N) is 3. The van der Waals surface area contributed by atoms with Crippen molar-refractivity contribution < 1.29 is 50.3 Å². The van der Waals surface area contributed by atoms with Gasteiger partial charge in [-0.3, -0.25) is 19.3 Å². The number of hydrogen-bond acceptors (Lipinski definition) is 5. The minimum absolute atomic E-state index is 0.0318. The molecule has 0 aromatic heterocycles. The molecule has 9 nitrogen and oxygen atoms in total. The van der Waals surface area contributed by atoms with Crippen LogP contribution < -0.4 is 5.32 Å². The number of benzene rings is 3. The molecule has 2 atom stereocenters. The highest BCUT2D eigenvalue weighted by Crippen LogP contribution is 2.37. The van der Waals surface area contributed by atoms with E-state index in [1.165, 1.54) is 4.90 Å². The molecule has 1 N–H and O–H groups in total. The van der Waals surface area contributed by atoms with Crippen molar-refractivity contribution in [1.82, 2.24) is 20.0 Å². The first-order valence-corrected chi connectivity index (χ1v) is 14.9. The third-order valence-electron chi connectivity index (χ3n) is 8.02. The van der Waals surface area contributed by atoms with Crippen molar-refractivity contribution in [2.75, 3.05) is 13.1 Å². The summed E-state index contributed by atoms with van der Waals surface area (Å²) in [5.41, 5.74) is -2.14. The monoisotopic (exact) mass is 676 g/mol. The summed E-state index contributed by atoms with van der Waals surface area (Å²) < 4.78 is 85.3. The summed E-state index contributed by atoms with van der Waals surface area (Å²) >= 11 is 0. The third-order valence-corrected chi connectivity index (χ3v) is 8.02. The average Bonchev–Trinajstić information content (AvgIpc) is 3.04. The molecule has 254 valence electrons. The van der Waals surface area contributed by atoms with E-state index in [0.717, 1.165) is 20.9 Å². The number of hydrogen-bond donors (Lipinski definition) is 1. The molecule has 2 fully saturated rings. The fourth-order valence-electron chi connectivity index (χ4n) is 5.72. The molecule has 0 radical (unpaired) electrons. The van der Waals surface area contributed by atoms with Gasteiger partial charge in [-0.25, -0.2) is 4.79 Å². The quantitative estimate of drug-likeness (QED) is 0.325. The van der Waals surface area contributed by atoms with Gasteiger partial charge < -0.3 is 19.9 Å². The van der Waals surface area contributed by atoms with E-state index < -0.39 is 78.1 Å². The third kappa shape index (κ3) is 8.06. The van der Waals surface area contributed by atoms with Crippen molar-refractivity contribution >= 4 is 23.8 Å². The van der Waals surface area contributed by atoms with Gasteiger partial charge in [0.25, 0.3) is 0 Å². The molecule has 0 saturated carbocycles. The Morgan fingerprint density at radius 2 is 1.40 bits per heavy atom. The number of rotatable bonds is 8. The first-order valence-electron chi connectivity index (χ1n) is 14.9. The Kier molecular flexibility index (Phi) is 9.96. The van der Waals surface area contributed by atoms with Gasteiger partial charge in [0, 0.05) is 26.1 Å². The second kappa shape index (κ2) is 14.0. The molecule has 3 aromatic rings. The fourth-order valence-corrected chi connectivity index (χ4v) is 5.72. The van der Waals surface area contributed by atoms with Gasteiger partial charge in [0.15, 0.2) is 0 Å². The Morgan fingerprint density at radius 1 is 0.812 bits per heavy atom. The zero-order valence-electron chi connectivity index (χ0n) is 25.3. The second-order valence-electron chi connectivity index (χ2n) is 11.4. The first-order chi connectivity index (χ1) is 22.7. The van der Waals surface area contributed by atoms with Gasteiger partial charge in [-0.15, -0.1) is 0 Å². The highest BCUT2D eigenvalue weighted by Gasteiger charge is 2.49. The molecule has 0 bridgehead atoms. The number of carbonyl (C=O) groups is 4. The van der Waals surface area contributed by atoms with Crippen molar-refractivity contribution in [2.24, 2.45) is 0 Å². The van der Waals surface area contributed by atoms with Crippen molar-refractivity contribution in [3.05, 3.63) is 107 Å². The molecule has 0 unspecified atom stereocenters. The van der Waals surface area contributed by atoms with Gasteiger partial charge in [0.1, 0.15) is 18.8 Å². The minimum Gasteiger partial charge on any atom is -0.444 e. The van der Waals surface area contributed by atoms with Crippen LogP contribution in [-0.4, -0.2) is 63.8 Å². The predicted molar refractivity (Wildman–Crippen MR) is 157 cm³/mol. The maximum absolute atomic E-state index is 13.8. The lowest BCUT2D eigenvalue weighted by molar-refractivity contribution is -0.169. The van der Waals surface area contributed by atoms with Crippen LogP contribution in [0.2, 0.25) is 0 Å². The van der Waals surface area contributed by atoms with Gasteiger partial charge in [-0.1, -0.05) is 60.7 Å². The van der Waals surface area contributed by atoms with E-state index in [9.17, 15) is 45.5 Å². The Labute approximate surface area is 271 Å². The lowest BCUT2D eigenvalue weighted by atomic mass is 10.0. The number of carbonyl (C=O) groups excluding carboxylic acids is 4. The van der Waals surface area contributed by atoms with Crippen LogP contribution in [-0.2, 0) is 51.2 Å². The van der Waals surface area contributed by atoms with E-state index >= 15 is 0 Å². The highest BCUT2D eigenvalue weighted by atomic mass is 19.4. The smallest absolute Gasteiger partial charge is 0.416 e. The molecular formula is C33H30F6N4O5. The highest BCUT2D eigenvalue weighted by molar-refractivity contribution is 5.94. The predicted octanol–water partition coefficient (Wildman–Crippen LogP) is 5.34. The maximum Gasteiger partial charge on any atom is 0.416 e. The summed E-state index contributed by atoms with van der Waals surface area (Å²) in [6.07, 6.45) is -13.1. The molecule has 0 aliphatic carbocycles. The van der Waals surface area contributed by atoms with Crippen LogP contribution in [0.5, 0.6) is 0 Å². The number of amides is 4. The molecule has 0 spiro atoms. The molecule has 2 saturated heterocycles. The molecular weight excluding hydrogens is 646 g/mol. The summed E-state index contributed by atoms with van der Waals surface area (Å²) in [6.45, 7) is -1.07. The molecule has 15 heteroatoms. The lowest BCUT2D eigenvalue weighted by Gasteiger charge is -2.51. The lowest BCUT2D eigenvalue weighted by Crippen LogP contribution is -2.71. The first kappa shape index (κ1) is 34.3. The van der Waals surface area contributed by atoms with Crippen LogP contribution in [0.15, 0.2) is 78.9 Å². The number of fused-ring (bicyclic) bond motifs is 1. The number of piperazine rings is 1. The summed E-state index contributed by atoms with van der Waals surface area (Å²) in [5.74, 6) is -1.57. The van der Waals surface area contributed by atoms with E-state index in [1.54, 1.807) is 54.6 Å². The number of alkyl halides is 6. The standard InChI is InChI=1S/C33H30F6N4O5/c34-32(35,36)24-13-23(14-25(15-24)33(37,38)39)20-48-31(47)42-12-11-29(45)43-26(16-27(44)40-17-21-7-3-1-4-8-21)30(46)41(19-28(42)43)18-22-9-5-2-6-10-22/h1-10,13-15,26,28H,11-12,16-20H2,(H,40,44)/t26-,28+/m0/s1. The van der Waals surface area contributed by atoms with Crippen LogP contribution in [0.1, 0.15) is 40.7 Å². The molecule has 2 aliphatic rings. The van der Waals surface area contributed by atoms with Gasteiger partial charge in [-0.2, -0.15) is 26.3 Å². The number of nitrogens with one attached hydrogen (secondary N) is 1. The maximum atomic E-state index is 13.8. The normalized spacial score (nSPS) is 18.4. The van der Waals surface area contributed by atoms with Crippen LogP contribution in [0.4, 0.5) is 31.1 Å². The van der Waals surface area contributed by atoms with Gasteiger partial charge in [0.2, 0.25) is 17.7 Å². The molecule has 48 heavy (non-hydrogen) atoms. The van der Waals surface area contributed by atoms with E-state index in [4.69, 9.17) is 4.74 Å². The Morgan fingerprint density at radius 3 is 1.98 bits per heavy atom. The zero-order chi connectivity index (χ0) is 34.6. The van der Waals surface area contributed by atoms with Gasteiger partial charge in [-0.05, 0) is 34.9 Å². The van der Waals surface area contributed by atoms with Crippen molar-refractivity contribution in [3.63, 3.8) is 0 Å². The topological polar surface area (TPSA) is 99.3 Å². The summed E-state index contributed by atoms with van der Waals surface area (Å²) in [7, 11) is 0. The summed E-state index contributed by atoms with van der Waals surface area (Å²) in [6, 6.07) is 17.4. The van der Waals surface area contributed by atoms with E-state index in [0.29, 0.717) is 12.1 Å². The van der Waals surface area contributed by atoms with E-state index in [-0.39, 0.29) is 38.7 Å². The Balaban J connectivity index is 1.38. The molecule has 2 heterocycles. The fraction of sp³-hybridized carbons (Fsp3) is 0.333. The zero-order valence-corrected chi connectivity index (χ0v) is 25.3. The second-order valence-corrected chi connectivity index (χ2v) is 11.4. The van der Waals surface area contributed by atoms with Gasteiger partial charge in [0.05, 0.1) is 24.1 Å². The molecule has 3 aromatic carbocycles. The van der Waals surface area contributed by atoms with Crippen LogP contribution >= 0.6 is 0 Å². The van der Waals surface area contributed by atoms with E-state index in [2.05, 4.69) is 5.32 Å². The minimum atomic E-state index is -5.09. The van der Waals surface area contributed by atoms with Crippen LogP contribution in [0, 0.1) is 0 Å². The summed E-state index contributed by atoms with van der Waals surface area (Å²) in [4.78, 5) is 57.1. The molecule has 4 amide bonds. The summed E-state index contributed by atoms with van der Waals surface area (Å²) in [5, 5.41) is 2.73. The van der Waals surface area contributed by atoms with Gasteiger partial charge >= 0.3 is 18.4 Å². The molecule has 5 rings (SSSR count). The number of halogens is 6. The largest absolute Gasteiger partial charge is 0.444 e. The van der Waals surface area contributed by atoms with Crippen LogP contribution in [0.3, 0.4) is 0 Å². The van der Waals surface area contributed by atoms with Crippen LogP contribution in [0.25, 0.3) is 0 Å². The Hall–Kier alpha value is -5.08. The number of ether oxygens (including phenoxy) is 1. The van der Waals surface area contributed by atoms with Crippen molar-refractivity contribution in [1.29, 1.82) is 0 Å². The average molecular weight is 677 g/mol. The Bertz CT molecular complexity index is 1620. The molecule has 2 aliphatic heterocycles. The van der Waals surface area contributed by atoms with Crippen molar-refractivity contribution in [2.45, 2.75) is 57.1 Å². The van der Waals surface area contributed by atoms with E-state index in [1.807, 2.05) is 6.07 Å². The van der Waals surface area contributed by atoms with Crippen molar-refractivity contribution in [3.8, 4) is 0 Å².